The van der Waals surface area contributed by atoms with Crippen LogP contribution in [0.4, 0.5) is 8.78 Å². The molecule has 1 aromatic carbocycles. The van der Waals surface area contributed by atoms with Crippen LogP contribution in [-0.4, -0.2) is 29.5 Å². The number of pyridine rings is 1. The lowest BCUT2D eigenvalue weighted by molar-refractivity contribution is -0.130. The highest BCUT2D eigenvalue weighted by Gasteiger charge is 2.15. The number of aryl methyl sites for hydroxylation is 1. The molecule has 0 saturated heterocycles. The molecule has 2 rings (SSSR count). The number of aromatic amines is 1. The van der Waals surface area contributed by atoms with Gasteiger partial charge >= 0.3 is 6.61 Å². The lowest BCUT2D eigenvalue weighted by Crippen LogP contribution is -2.27. The van der Waals surface area contributed by atoms with Crippen LogP contribution in [0.5, 0.6) is 5.75 Å². The van der Waals surface area contributed by atoms with Crippen LogP contribution in [0.25, 0.3) is 0 Å². The molecule has 0 atom stereocenters. The Labute approximate surface area is 161 Å². The van der Waals surface area contributed by atoms with Crippen molar-refractivity contribution >= 4 is 5.91 Å². The molecule has 0 radical (unpaired) electrons. The molecule has 28 heavy (non-hydrogen) atoms. The average molecular weight is 389 g/mol. The normalized spacial score (nSPS) is 10.6. The second kappa shape index (κ2) is 9.13. The van der Waals surface area contributed by atoms with Crippen molar-refractivity contribution in [2.45, 2.75) is 39.8 Å². The summed E-state index contributed by atoms with van der Waals surface area (Å²) in [6, 6.07) is 7.99. The van der Waals surface area contributed by atoms with E-state index < -0.39 is 12.2 Å². The number of nitriles is 1. The van der Waals surface area contributed by atoms with E-state index in [1.54, 1.807) is 33.0 Å². The molecule has 0 aliphatic heterocycles. The van der Waals surface area contributed by atoms with E-state index in [0.29, 0.717) is 24.2 Å². The fraction of sp³-hybridized carbons (Fsp3) is 0.350. The third kappa shape index (κ3) is 5.16. The predicted molar refractivity (Wildman–Crippen MR) is 99.1 cm³/mol. The quantitative estimate of drug-likeness (QED) is 0.789. The molecule has 1 N–H and O–H groups in total. The minimum atomic E-state index is -2.88. The van der Waals surface area contributed by atoms with Crippen LogP contribution in [-0.2, 0) is 17.8 Å². The van der Waals surface area contributed by atoms with E-state index in [0.717, 1.165) is 11.1 Å². The van der Waals surface area contributed by atoms with E-state index >= 15 is 0 Å². The Morgan fingerprint density at radius 2 is 1.93 bits per heavy atom. The van der Waals surface area contributed by atoms with Gasteiger partial charge in [-0.1, -0.05) is 12.1 Å². The predicted octanol–water partition coefficient (Wildman–Crippen LogP) is 3.06. The van der Waals surface area contributed by atoms with E-state index in [1.165, 1.54) is 17.0 Å². The van der Waals surface area contributed by atoms with Crippen molar-refractivity contribution in [2.24, 2.45) is 0 Å². The van der Waals surface area contributed by atoms with Crippen molar-refractivity contribution in [1.82, 2.24) is 9.88 Å². The summed E-state index contributed by atoms with van der Waals surface area (Å²) in [4.78, 5) is 28.4. The molecule has 1 heterocycles. The number of amides is 1. The Bertz CT molecular complexity index is 947. The van der Waals surface area contributed by atoms with Crippen molar-refractivity contribution in [3.05, 3.63) is 62.6 Å². The number of ether oxygens (including phenoxy) is 1. The molecule has 0 spiro atoms. The lowest BCUT2D eigenvalue weighted by Gasteiger charge is -2.18. The monoisotopic (exact) mass is 389 g/mol. The second-order valence-corrected chi connectivity index (χ2v) is 6.44. The maximum atomic E-state index is 12.4. The van der Waals surface area contributed by atoms with Gasteiger partial charge in [-0.3, -0.25) is 9.59 Å². The first-order chi connectivity index (χ1) is 13.2. The number of benzene rings is 1. The van der Waals surface area contributed by atoms with E-state index in [2.05, 4.69) is 9.72 Å². The van der Waals surface area contributed by atoms with Gasteiger partial charge in [-0.15, -0.1) is 0 Å². The summed E-state index contributed by atoms with van der Waals surface area (Å²) in [6.07, 6.45) is 0.606. The molecule has 0 aliphatic carbocycles. The number of aromatic nitrogens is 1. The largest absolute Gasteiger partial charge is 0.435 e. The maximum absolute atomic E-state index is 12.4. The summed E-state index contributed by atoms with van der Waals surface area (Å²) in [5, 5.41) is 9.12. The Balaban J connectivity index is 2.00. The minimum absolute atomic E-state index is 0.0602. The molecule has 1 aromatic heterocycles. The van der Waals surface area contributed by atoms with Gasteiger partial charge < -0.3 is 14.6 Å². The summed E-state index contributed by atoms with van der Waals surface area (Å²) in [5.74, 6) is -0.0542. The Hall–Kier alpha value is -3.21. The SMILES string of the molecule is Cc1[nH]c(=O)c(C#N)c(C)c1CCC(=O)N(C)Cc1ccc(OC(F)F)cc1. The van der Waals surface area contributed by atoms with Gasteiger partial charge in [0.15, 0.2) is 0 Å². The van der Waals surface area contributed by atoms with Crippen LogP contribution in [0.1, 0.15) is 34.4 Å². The van der Waals surface area contributed by atoms with E-state index in [-0.39, 0.29) is 23.6 Å². The number of alkyl halides is 2. The molecule has 0 fully saturated rings. The number of carbonyl (C=O) groups is 1. The highest BCUT2D eigenvalue weighted by molar-refractivity contribution is 5.76. The number of nitrogens with zero attached hydrogens (tertiary/aromatic N) is 2. The molecule has 0 aliphatic rings. The van der Waals surface area contributed by atoms with E-state index in [1.807, 2.05) is 6.07 Å². The fourth-order valence-corrected chi connectivity index (χ4v) is 2.98. The third-order valence-electron chi connectivity index (χ3n) is 4.50. The average Bonchev–Trinajstić information content (AvgIpc) is 2.62. The van der Waals surface area contributed by atoms with Crippen molar-refractivity contribution in [3.63, 3.8) is 0 Å². The molecule has 8 heteroatoms. The summed E-state index contributed by atoms with van der Waals surface area (Å²) in [5.41, 5.74) is 2.43. The topological polar surface area (TPSA) is 86.2 Å². The highest BCUT2D eigenvalue weighted by Crippen LogP contribution is 2.18. The minimum Gasteiger partial charge on any atom is -0.435 e. The second-order valence-electron chi connectivity index (χ2n) is 6.44. The van der Waals surface area contributed by atoms with Gasteiger partial charge in [-0.25, -0.2) is 0 Å². The zero-order chi connectivity index (χ0) is 20.8. The lowest BCUT2D eigenvalue weighted by atomic mass is 9.99. The Kier molecular flexibility index (Phi) is 6.88. The van der Waals surface area contributed by atoms with Crippen molar-refractivity contribution in [2.75, 3.05) is 7.05 Å². The van der Waals surface area contributed by atoms with E-state index in [9.17, 15) is 18.4 Å². The standard InChI is InChI=1S/C20H21F2N3O3/c1-12-16(13(2)24-19(27)17(12)10-23)8-9-18(26)25(3)11-14-4-6-15(7-5-14)28-20(21)22/h4-7,20H,8-9,11H2,1-3H3,(H,24,27). The molecule has 148 valence electrons. The zero-order valence-electron chi connectivity index (χ0n) is 15.9. The highest BCUT2D eigenvalue weighted by atomic mass is 19.3. The van der Waals surface area contributed by atoms with Crippen molar-refractivity contribution in [3.8, 4) is 11.8 Å². The molecule has 0 bridgehead atoms. The van der Waals surface area contributed by atoms with Crippen LogP contribution >= 0.6 is 0 Å². The zero-order valence-corrected chi connectivity index (χ0v) is 15.9. The van der Waals surface area contributed by atoms with Gasteiger partial charge in [0.05, 0.1) is 0 Å². The number of H-pyrrole nitrogens is 1. The number of hydrogen-bond donors (Lipinski definition) is 1. The fourth-order valence-electron chi connectivity index (χ4n) is 2.98. The van der Waals surface area contributed by atoms with Crippen LogP contribution in [0.15, 0.2) is 29.1 Å². The van der Waals surface area contributed by atoms with Crippen molar-refractivity contribution < 1.29 is 18.3 Å². The molecular formula is C20H21F2N3O3. The number of nitrogens with one attached hydrogen (secondary N) is 1. The van der Waals surface area contributed by atoms with Gasteiger partial charge in [0.1, 0.15) is 17.4 Å². The van der Waals surface area contributed by atoms with Gasteiger partial charge in [0.25, 0.3) is 5.56 Å². The molecule has 6 nitrogen and oxygen atoms in total. The van der Waals surface area contributed by atoms with Gasteiger partial charge in [-0.05, 0) is 49.1 Å². The molecule has 0 saturated carbocycles. The number of rotatable bonds is 7. The summed E-state index contributed by atoms with van der Waals surface area (Å²) >= 11 is 0. The maximum Gasteiger partial charge on any atom is 0.387 e. The number of carbonyl (C=O) groups excluding carboxylic acids is 1. The van der Waals surface area contributed by atoms with Crippen LogP contribution in [0, 0.1) is 25.2 Å². The molecule has 0 unspecified atom stereocenters. The van der Waals surface area contributed by atoms with Crippen LogP contribution in [0.2, 0.25) is 0 Å². The first kappa shape index (κ1) is 21.1. The summed E-state index contributed by atoms with van der Waals surface area (Å²) < 4.78 is 28.6. The van der Waals surface area contributed by atoms with Crippen LogP contribution < -0.4 is 10.3 Å². The molecule has 1 amide bonds. The Morgan fingerprint density at radius 1 is 1.29 bits per heavy atom. The smallest absolute Gasteiger partial charge is 0.387 e. The Morgan fingerprint density at radius 3 is 2.50 bits per heavy atom. The first-order valence-electron chi connectivity index (χ1n) is 8.63. The van der Waals surface area contributed by atoms with E-state index in [4.69, 9.17) is 5.26 Å². The molecular weight excluding hydrogens is 368 g/mol. The van der Waals surface area contributed by atoms with Gasteiger partial charge in [0, 0.05) is 25.7 Å². The first-order valence-corrected chi connectivity index (χ1v) is 8.63. The third-order valence-corrected chi connectivity index (χ3v) is 4.50. The number of halogens is 2. The summed E-state index contributed by atoms with van der Waals surface area (Å²) in [6.45, 7) is 0.882. The number of hydrogen-bond acceptors (Lipinski definition) is 4. The molecule has 2 aromatic rings. The summed E-state index contributed by atoms with van der Waals surface area (Å²) in [7, 11) is 1.65. The van der Waals surface area contributed by atoms with Crippen molar-refractivity contribution in [1.29, 1.82) is 5.26 Å². The van der Waals surface area contributed by atoms with Crippen LogP contribution in [0.3, 0.4) is 0 Å². The van der Waals surface area contributed by atoms with Gasteiger partial charge in [0.2, 0.25) is 5.91 Å². The van der Waals surface area contributed by atoms with Gasteiger partial charge in [-0.2, -0.15) is 14.0 Å².